The van der Waals surface area contributed by atoms with E-state index in [9.17, 15) is 9.90 Å². The number of halogens is 2. The molecule has 0 radical (unpaired) electrons. The molecule has 6 heteroatoms. The summed E-state index contributed by atoms with van der Waals surface area (Å²) in [4.78, 5) is 13.8. The molecule has 0 fully saturated rings. The molecular weight excluding hydrogens is 251 g/mol. The van der Waals surface area contributed by atoms with Gasteiger partial charge in [-0.05, 0) is 12.1 Å². The van der Waals surface area contributed by atoms with Crippen LogP contribution in [0.2, 0.25) is 10.0 Å². The minimum Gasteiger partial charge on any atom is -0.508 e. The Balaban J connectivity index is 2.43. The van der Waals surface area contributed by atoms with E-state index in [0.29, 0.717) is 15.6 Å². The van der Waals surface area contributed by atoms with Crippen LogP contribution < -0.4 is 5.69 Å². The van der Waals surface area contributed by atoms with Crippen molar-refractivity contribution in [3.05, 3.63) is 50.6 Å². The molecule has 0 bridgehead atoms. The van der Waals surface area contributed by atoms with Gasteiger partial charge in [-0.1, -0.05) is 23.2 Å². The number of aromatic hydroxyl groups is 1. The molecule has 0 aliphatic heterocycles. The molecule has 2 rings (SSSR count). The van der Waals surface area contributed by atoms with Gasteiger partial charge in [0.1, 0.15) is 5.75 Å². The third kappa shape index (κ3) is 2.08. The first-order chi connectivity index (χ1) is 7.58. The molecule has 0 saturated carbocycles. The summed E-state index contributed by atoms with van der Waals surface area (Å²) < 4.78 is 1.43. The number of imidazole rings is 1. The molecule has 0 aliphatic carbocycles. The van der Waals surface area contributed by atoms with E-state index in [-0.39, 0.29) is 18.0 Å². The van der Waals surface area contributed by atoms with E-state index in [2.05, 4.69) is 4.98 Å². The Morgan fingerprint density at radius 3 is 2.44 bits per heavy atom. The van der Waals surface area contributed by atoms with Crippen LogP contribution in [0.3, 0.4) is 0 Å². The molecule has 0 aliphatic rings. The minimum atomic E-state index is -0.236. The van der Waals surface area contributed by atoms with Crippen molar-refractivity contribution < 1.29 is 5.11 Å². The van der Waals surface area contributed by atoms with Crippen LogP contribution in [0.1, 0.15) is 5.56 Å². The number of rotatable bonds is 2. The van der Waals surface area contributed by atoms with Gasteiger partial charge in [-0.3, -0.25) is 4.57 Å². The molecular formula is C10H8Cl2N2O2. The maximum absolute atomic E-state index is 11.3. The van der Waals surface area contributed by atoms with Crippen LogP contribution in [0.5, 0.6) is 5.75 Å². The Bertz CT molecular complexity index is 551. The van der Waals surface area contributed by atoms with E-state index in [1.165, 1.54) is 22.9 Å². The molecule has 0 unspecified atom stereocenters. The van der Waals surface area contributed by atoms with Gasteiger partial charge in [0.25, 0.3) is 0 Å². The highest BCUT2D eigenvalue weighted by molar-refractivity contribution is 6.36. The second kappa shape index (κ2) is 4.23. The van der Waals surface area contributed by atoms with Crippen LogP contribution in [0, 0.1) is 0 Å². The fourth-order valence-corrected chi connectivity index (χ4v) is 1.98. The van der Waals surface area contributed by atoms with Crippen molar-refractivity contribution in [1.29, 1.82) is 0 Å². The number of H-pyrrole nitrogens is 1. The molecule has 1 heterocycles. The number of phenolic OH excluding ortho intramolecular Hbond substituents is 1. The summed E-state index contributed by atoms with van der Waals surface area (Å²) in [7, 11) is 0. The minimum absolute atomic E-state index is 0.000153. The zero-order chi connectivity index (χ0) is 11.7. The second-order valence-corrected chi connectivity index (χ2v) is 4.10. The summed E-state index contributed by atoms with van der Waals surface area (Å²) in [6.45, 7) is 0.264. The van der Waals surface area contributed by atoms with Crippen LogP contribution in [-0.4, -0.2) is 14.7 Å². The number of hydrogen-bond donors (Lipinski definition) is 2. The van der Waals surface area contributed by atoms with Crippen molar-refractivity contribution in [2.45, 2.75) is 6.54 Å². The molecule has 0 amide bonds. The summed E-state index contributed by atoms with van der Waals surface area (Å²) in [6.07, 6.45) is 3.13. The summed E-state index contributed by atoms with van der Waals surface area (Å²) >= 11 is 11.9. The average Bonchev–Trinajstić information content (AvgIpc) is 2.57. The van der Waals surface area contributed by atoms with Crippen LogP contribution in [0.15, 0.2) is 29.3 Å². The topological polar surface area (TPSA) is 58.0 Å². The molecule has 2 aromatic rings. The Morgan fingerprint density at radius 2 is 1.94 bits per heavy atom. The molecule has 2 N–H and O–H groups in total. The zero-order valence-electron chi connectivity index (χ0n) is 8.08. The molecule has 0 saturated heterocycles. The third-order valence-corrected chi connectivity index (χ3v) is 2.85. The van der Waals surface area contributed by atoms with Crippen molar-refractivity contribution in [2.75, 3.05) is 0 Å². The first-order valence-corrected chi connectivity index (χ1v) is 5.24. The Labute approximate surface area is 101 Å². The van der Waals surface area contributed by atoms with Gasteiger partial charge in [0.15, 0.2) is 0 Å². The van der Waals surface area contributed by atoms with E-state index in [1.54, 1.807) is 6.20 Å². The maximum atomic E-state index is 11.3. The Kier molecular flexibility index (Phi) is 2.94. The molecule has 0 spiro atoms. The highest BCUT2D eigenvalue weighted by Gasteiger charge is 2.09. The normalized spacial score (nSPS) is 10.6. The smallest absolute Gasteiger partial charge is 0.325 e. The van der Waals surface area contributed by atoms with Gasteiger partial charge in [0, 0.05) is 18.0 Å². The summed E-state index contributed by atoms with van der Waals surface area (Å²) in [5.41, 5.74) is 0.364. The third-order valence-electron chi connectivity index (χ3n) is 2.18. The van der Waals surface area contributed by atoms with Crippen LogP contribution in [0.25, 0.3) is 0 Å². The fraction of sp³-hybridized carbons (Fsp3) is 0.100. The summed E-state index contributed by atoms with van der Waals surface area (Å²) in [6, 6.07) is 2.78. The van der Waals surface area contributed by atoms with Crippen molar-refractivity contribution >= 4 is 23.2 Å². The summed E-state index contributed by atoms with van der Waals surface area (Å²) in [5.74, 6) is 0.000153. The van der Waals surface area contributed by atoms with E-state index >= 15 is 0 Å². The lowest BCUT2D eigenvalue weighted by Gasteiger charge is -2.07. The van der Waals surface area contributed by atoms with Gasteiger partial charge in [-0.15, -0.1) is 0 Å². The van der Waals surface area contributed by atoms with Crippen molar-refractivity contribution in [2.24, 2.45) is 0 Å². The monoisotopic (exact) mass is 258 g/mol. The molecule has 1 aromatic carbocycles. The fourth-order valence-electron chi connectivity index (χ4n) is 1.38. The maximum Gasteiger partial charge on any atom is 0.325 e. The second-order valence-electron chi connectivity index (χ2n) is 3.28. The van der Waals surface area contributed by atoms with Gasteiger partial charge in [-0.25, -0.2) is 4.79 Å². The molecule has 16 heavy (non-hydrogen) atoms. The van der Waals surface area contributed by atoms with Gasteiger partial charge in [-0.2, -0.15) is 0 Å². The predicted molar refractivity (Wildman–Crippen MR) is 62.3 cm³/mol. The average molecular weight is 259 g/mol. The first kappa shape index (κ1) is 11.1. The predicted octanol–water partition coefficient (Wildman–Crippen LogP) is 2.24. The molecule has 4 nitrogen and oxygen atoms in total. The van der Waals surface area contributed by atoms with Gasteiger partial charge < -0.3 is 10.1 Å². The first-order valence-electron chi connectivity index (χ1n) is 4.48. The number of phenols is 1. The van der Waals surface area contributed by atoms with E-state index < -0.39 is 0 Å². The largest absolute Gasteiger partial charge is 0.508 e. The zero-order valence-corrected chi connectivity index (χ0v) is 9.59. The van der Waals surface area contributed by atoms with Crippen molar-refractivity contribution in [3.8, 4) is 5.75 Å². The van der Waals surface area contributed by atoms with Gasteiger partial charge in [0.2, 0.25) is 0 Å². The lowest BCUT2D eigenvalue weighted by Crippen LogP contribution is -2.17. The number of nitrogens with one attached hydrogen (secondary N) is 1. The van der Waals surface area contributed by atoms with Gasteiger partial charge >= 0.3 is 5.69 Å². The number of aromatic nitrogens is 2. The molecule has 84 valence electrons. The Hall–Kier alpha value is -1.39. The lowest BCUT2D eigenvalue weighted by molar-refractivity contribution is 0.475. The quantitative estimate of drug-likeness (QED) is 0.868. The molecule has 0 atom stereocenters. The highest BCUT2D eigenvalue weighted by Crippen LogP contribution is 2.29. The SMILES string of the molecule is O=c1[nH]ccn1Cc1c(Cl)cc(O)cc1Cl. The van der Waals surface area contributed by atoms with Gasteiger partial charge in [0.05, 0.1) is 16.6 Å². The number of benzene rings is 1. The van der Waals surface area contributed by atoms with E-state index in [0.717, 1.165) is 0 Å². The van der Waals surface area contributed by atoms with Crippen molar-refractivity contribution in [1.82, 2.24) is 9.55 Å². The van der Waals surface area contributed by atoms with Crippen LogP contribution in [0.4, 0.5) is 0 Å². The Morgan fingerprint density at radius 1 is 1.31 bits per heavy atom. The lowest BCUT2D eigenvalue weighted by atomic mass is 10.2. The van der Waals surface area contributed by atoms with E-state index in [4.69, 9.17) is 23.2 Å². The van der Waals surface area contributed by atoms with Crippen LogP contribution >= 0.6 is 23.2 Å². The number of aromatic amines is 1. The summed E-state index contributed by atoms with van der Waals surface area (Å²) in [5, 5.41) is 9.92. The van der Waals surface area contributed by atoms with Crippen LogP contribution in [-0.2, 0) is 6.54 Å². The van der Waals surface area contributed by atoms with Crippen molar-refractivity contribution in [3.63, 3.8) is 0 Å². The highest BCUT2D eigenvalue weighted by atomic mass is 35.5. The molecule has 1 aromatic heterocycles. The number of nitrogens with zero attached hydrogens (tertiary/aromatic N) is 1. The number of hydrogen-bond acceptors (Lipinski definition) is 2. The standard InChI is InChI=1S/C10H8Cl2N2O2/c11-8-3-6(15)4-9(12)7(8)5-14-2-1-13-10(14)16/h1-4,15H,5H2,(H,13,16). The van der Waals surface area contributed by atoms with E-state index in [1.807, 2.05) is 0 Å².